The molecule has 2 aromatic carbocycles. The Hall–Kier alpha value is -2.80. The number of carbonyl (C=O) groups is 1. The fraction of sp³-hybridized carbons (Fsp3) is 0.125. The first kappa shape index (κ1) is 13.6. The predicted molar refractivity (Wildman–Crippen MR) is 77.2 cm³/mol. The summed E-state index contributed by atoms with van der Waals surface area (Å²) in [6, 6.07) is 14.7. The fourth-order valence-electron chi connectivity index (χ4n) is 1.89. The number of carboxylic acid groups (broad SMARTS) is 1. The van der Waals surface area contributed by atoms with Crippen LogP contribution < -0.4 is 5.32 Å². The van der Waals surface area contributed by atoms with E-state index in [1.165, 1.54) is 0 Å². The highest BCUT2D eigenvalue weighted by molar-refractivity contribution is 5.88. The van der Waals surface area contributed by atoms with E-state index in [2.05, 4.69) is 11.4 Å². The van der Waals surface area contributed by atoms with E-state index in [0.29, 0.717) is 6.42 Å². The number of hydrogen-bond acceptors (Lipinski definition) is 3. The van der Waals surface area contributed by atoms with Crippen LogP contribution in [0.25, 0.3) is 0 Å². The minimum Gasteiger partial charge on any atom is -0.478 e. The standard InChI is InChI=1S/C16H14N2O2/c1-11-10-13(16(19)20)4-7-15(11)18-14-5-2-12(3-6-14)8-9-17/h2-7,10,18H,8H2,1H3,(H,19,20). The first-order chi connectivity index (χ1) is 9.60. The SMILES string of the molecule is Cc1cc(C(=O)O)ccc1Nc1ccc(CC#N)cc1. The minimum absolute atomic E-state index is 0.275. The van der Waals surface area contributed by atoms with Crippen LogP contribution in [0.1, 0.15) is 21.5 Å². The molecule has 2 aromatic rings. The Kier molecular flexibility index (Phi) is 4.02. The molecule has 2 rings (SSSR count). The van der Waals surface area contributed by atoms with Crippen LogP contribution in [-0.2, 0) is 6.42 Å². The average Bonchev–Trinajstić information content (AvgIpc) is 2.43. The molecule has 0 radical (unpaired) electrons. The highest BCUT2D eigenvalue weighted by Crippen LogP contribution is 2.22. The molecule has 0 aliphatic carbocycles. The average molecular weight is 266 g/mol. The molecule has 0 aliphatic heterocycles. The molecule has 0 aliphatic rings. The highest BCUT2D eigenvalue weighted by Gasteiger charge is 2.05. The van der Waals surface area contributed by atoms with Crippen molar-refractivity contribution in [1.29, 1.82) is 5.26 Å². The molecular weight excluding hydrogens is 252 g/mol. The van der Waals surface area contributed by atoms with Crippen LogP contribution in [0, 0.1) is 18.3 Å². The van der Waals surface area contributed by atoms with E-state index in [-0.39, 0.29) is 5.56 Å². The maximum Gasteiger partial charge on any atom is 0.335 e. The van der Waals surface area contributed by atoms with Crippen molar-refractivity contribution >= 4 is 17.3 Å². The van der Waals surface area contributed by atoms with Crippen LogP contribution in [0.2, 0.25) is 0 Å². The van der Waals surface area contributed by atoms with Crippen molar-refractivity contribution in [2.24, 2.45) is 0 Å². The van der Waals surface area contributed by atoms with E-state index in [1.807, 2.05) is 31.2 Å². The third-order valence-corrected chi connectivity index (χ3v) is 2.99. The number of carboxylic acids is 1. The van der Waals surface area contributed by atoms with Crippen molar-refractivity contribution in [2.45, 2.75) is 13.3 Å². The van der Waals surface area contributed by atoms with Gasteiger partial charge in [0, 0.05) is 11.4 Å². The Morgan fingerprint density at radius 3 is 2.50 bits per heavy atom. The second-order valence-electron chi connectivity index (χ2n) is 4.49. The third kappa shape index (κ3) is 3.15. The summed E-state index contributed by atoms with van der Waals surface area (Å²) in [5.74, 6) is -0.930. The zero-order valence-corrected chi connectivity index (χ0v) is 11.1. The molecule has 0 unspecified atom stereocenters. The second-order valence-corrected chi connectivity index (χ2v) is 4.49. The lowest BCUT2D eigenvalue weighted by molar-refractivity contribution is 0.0697. The smallest absolute Gasteiger partial charge is 0.335 e. The van der Waals surface area contributed by atoms with Gasteiger partial charge in [0.2, 0.25) is 0 Å². The molecule has 0 bridgehead atoms. The summed E-state index contributed by atoms with van der Waals surface area (Å²) in [6.07, 6.45) is 0.395. The van der Waals surface area contributed by atoms with Gasteiger partial charge in [-0.3, -0.25) is 0 Å². The monoisotopic (exact) mass is 266 g/mol. The van der Waals surface area contributed by atoms with E-state index >= 15 is 0 Å². The van der Waals surface area contributed by atoms with Gasteiger partial charge in [-0.15, -0.1) is 0 Å². The lowest BCUT2D eigenvalue weighted by Gasteiger charge is -2.10. The van der Waals surface area contributed by atoms with Gasteiger partial charge in [-0.1, -0.05) is 12.1 Å². The number of aryl methyl sites for hydroxylation is 1. The summed E-state index contributed by atoms with van der Waals surface area (Å²) in [6.45, 7) is 1.86. The highest BCUT2D eigenvalue weighted by atomic mass is 16.4. The van der Waals surface area contributed by atoms with Crippen LogP contribution in [0.15, 0.2) is 42.5 Å². The van der Waals surface area contributed by atoms with Crippen LogP contribution in [0.5, 0.6) is 0 Å². The van der Waals surface area contributed by atoms with E-state index in [1.54, 1.807) is 18.2 Å². The van der Waals surface area contributed by atoms with Gasteiger partial charge in [-0.05, 0) is 48.4 Å². The Balaban J connectivity index is 2.17. The molecule has 0 heterocycles. The Morgan fingerprint density at radius 2 is 1.95 bits per heavy atom. The quantitative estimate of drug-likeness (QED) is 0.888. The molecule has 4 heteroatoms. The van der Waals surface area contributed by atoms with Crippen LogP contribution in [0.4, 0.5) is 11.4 Å². The lowest BCUT2D eigenvalue weighted by Crippen LogP contribution is -1.99. The summed E-state index contributed by atoms with van der Waals surface area (Å²) >= 11 is 0. The maximum atomic E-state index is 10.9. The first-order valence-electron chi connectivity index (χ1n) is 6.17. The van der Waals surface area contributed by atoms with Crippen molar-refractivity contribution in [3.8, 4) is 6.07 Å². The molecule has 4 nitrogen and oxygen atoms in total. The third-order valence-electron chi connectivity index (χ3n) is 2.99. The number of nitrogens with one attached hydrogen (secondary N) is 1. The van der Waals surface area contributed by atoms with E-state index in [9.17, 15) is 4.79 Å². The fourth-order valence-corrected chi connectivity index (χ4v) is 1.89. The predicted octanol–water partition coefficient (Wildman–Crippen LogP) is 3.50. The number of nitrogens with zero attached hydrogens (tertiary/aromatic N) is 1. The van der Waals surface area contributed by atoms with Gasteiger partial charge in [-0.2, -0.15) is 5.26 Å². The Bertz CT molecular complexity index is 670. The maximum absolute atomic E-state index is 10.9. The van der Waals surface area contributed by atoms with E-state index in [0.717, 1.165) is 22.5 Å². The molecule has 0 spiro atoms. The van der Waals surface area contributed by atoms with Crippen molar-refractivity contribution < 1.29 is 9.90 Å². The molecule has 0 atom stereocenters. The largest absolute Gasteiger partial charge is 0.478 e. The van der Waals surface area contributed by atoms with Gasteiger partial charge in [0.25, 0.3) is 0 Å². The zero-order valence-electron chi connectivity index (χ0n) is 11.1. The summed E-state index contributed by atoms with van der Waals surface area (Å²) < 4.78 is 0. The molecule has 0 saturated heterocycles. The molecule has 2 N–H and O–H groups in total. The number of benzene rings is 2. The number of rotatable bonds is 4. The van der Waals surface area contributed by atoms with Crippen LogP contribution >= 0.6 is 0 Å². The summed E-state index contributed by atoms with van der Waals surface area (Å²) in [4.78, 5) is 10.9. The van der Waals surface area contributed by atoms with E-state index < -0.39 is 5.97 Å². The molecule has 0 saturated carbocycles. The van der Waals surface area contributed by atoms with Gasteiger partial charge in [-0.25, -0.2) is 4.79 Å². The number of anilines is 2. The second kappa shape index (κ2) is 5.89. The normalized spacial score (nSPS) is 9.80. The zero-order chi connectivity index (χ0) is 14.5. The van der Waals surface area contributed by atoms with Gasteiger partial charge in [0.1, 0.15) is 0 Å². The van der Waals surface area contributed by atoms with Crippen LogP contribution in [0.3, 0.4) is 0 Å². The van der Waals surface area contributed by atoms with Crippen molar-refractivity contribution in [3.05, 3.63) is 59.2 Å². The topological polar surface area (TPSA) is 73.1 Å². The first-order valence-corrected chi connectivity index (χ1v) is 6.17. The number of hydrogen-bond donors (Lipinski definition) is 2. The van der Waals surface area contributed by atoms with Gasteiger partial charge in [0.15, 0.2) is 0 Å². The van der Waals surface area contributed by atoms with Gasteiger partial charge < -0.3 is 10.4 Å². The molecule has 0 aromatic heterocycles. The summed E-state index contributed by atoms with van der Waals surface area (Å²) in [5.41, 5.74) is 3.88. The molecular formula is C16H14N2O2. The molecule has 20 heavy (non-hydrogen) atoms. The summed E-state index contributed by atoms with van der Waals surface area (Å²) in [7, 11) is 0. The Morgan fingerprint density at radius 1 is 1.25 bits per heavy atom. The summed E-state index contributed by atoms with van der Waals surface area (Å²) in [5, 5.41) is 20.8. The minimum atomic E-state index is -0.930. The van der Waals surface area contributed by atoms with Gasteiger partial charge in [0.05, 0.1) is 18.1 Å². The van der Waals surface area contributed by atoms with Crippen molar-refractivity contribution in [1.82, 2.24) is 0 Å². The number of nitriles is 1. The molecule has 0 fully saturated rings. The van der Waals surface area contributed by atoms with Crippen molar-refractivity contribution in [2.75, 3.05) is 5.32 Å². The van der Waals surface area contributed by atoms with Gasteiger partial charge >= 0.3 is 5.97 Å². The molecule has 100 valence electrons. The molecule has 0 amide bonds. The van der Waals surface area contributed by atoms with Crippen LogP contribution in [-0.4, -0.2) is 11.1 Å². The lowest BCUT2D eigenvalue weighted by atomic mass is 10.1. The van der Waals surface area contributed by atoms with E-state index in [4.69, 9.17) is 10.4 Å². The Labute approximate surface area is 117 Å². The number of aromatic carboxylic acids is 1. The van der Waals surface area contributed by atoms with Crippen molar-refractivity contribution in [3.63, 3.8) is 0 Å².